The van der Waals surface area contributed by atoms with Crippen molar-refractivity contribution >= 4 is 17.3 Å². The number of ether oxygens (including phenoxy) is 1. The molecule has 0 bridgehead atoms. The van der Waals surface area contributed by atoms with Crippen LogP contribution in [0, 0.1) is 15.9 Å². The first-order valence-electron chi connectivity index (χ1n) is 7.62. The Bertz CT molecular complexity index is 838. The molecule has 0 radical (unpaired) electrons. The third kappa shape index (κ3) is 5.40. The quantitative estimate of drug-likeness (QED) is 0.343. The number of nitrogens with zero attached hydrogens (tertiary/aromatic N) is 1. The van der Waals surface area contributed by atoms with E-state index in [2.05, 4.69) is 5.32 Å². The molecular weight excluding hydrogens is 372 g/mol. The lowest BCUT2D eigenvalue weighted by molar-refractivity contribution is -0.384. The minimum atomic E-state index is -4.73. The molecule has 0 aliphatic carbocycles. The molecule has 0 saturated carbocycles. The van der Waals surface area contributed by atoms with E-state index in [0.29, 0.717) is 17.7 Å². The number of hydrogen-bond donors (Lipinski definition) is 1. The van der Waals surface area contributed by atoms with Crippen LogP contribution in [0.3, 0.4) is 0 Å². The Kier molecular flexibility index (Phi) is 5.98. The van der Waals surface area contributed by atoms with Crippen molar-refractivity contribution in [1.82, 2.24) is 0 Å². The van der Waals surface area contributed by atoms with E-state index in [1.54, 1.807) is 6.92 Å². The molecule has 2 aromatic carbocycles. The molecule has 1 N–H and O–H groups in total. The van der Waals surface area contributed by atoms with Crippen molar-refractivity contribution in [3.63, 3.8) is 0 Å². The number of alkyl halides is 3. The van der Waals surface area contributed by atoms with E-state index in [1.807, 2.05) is 0 Å². The van der Waals surface area contributed by atoms with Crippen LogP contribution >= 0.6 is 0 Å². The Balaban J connectivity index is 2.03. The monoisotopic (exact) mass is 386 g/mol. The summed E-state index contributed by atoms with van der Waals surface area (Å²) in [5.74, 6) is -1.24. The van der Waals surface area contributed by atoms with Crippen molar-refractivity contribution in [2.24, 2.45) is 0 Å². The number of nitro groups is 1. The standard InChI is InChI=1S/C17H14F4N2O4/c1-10(11-2-5-13(18)6-3-11)27-16(24)9-22-14-7-4-12(17(19,20)21)8-15(14)23(25)26/h2-8,10,22H,9H2,1H3/t10-/m0/s1. The Morgan fingerprint density at radius 3 is 2.41 bits per heavy atom. The van der Waals surface area contributed by atoms with Gasteiger partial charge in [-0.2, -0.15) is 13.2 Å². The molecule has 0 aliphatic heterocycles. The average Bonchev–Trinajstić information content (AvgIpc) is 2.59. The van der Waals surface area contributed by atoms with E-state index in [4.69, 9.17) is 4.74 Å². The molecule has 6 nitrogen and oxygen atoms in total. The second-order valence-corrected chi connectivity index (χ2v) is 5.52. The third-order valence-corrected chi connectivity index (χ3v) is 3.59. The van der Waals surface area contributed by atoms with Crippen LogP contribution in [0.2, 0.25) is 0 Å². The highest BCUT2D eigenvalue weighted by Gasteiger charge is 2.33. The van der Waals surface area contributed by atoms with Crippen LogP contribution < -0.4 is 5.32 Å². The number of hydrogen-bond acceptors (Lipinski definition) is 5. The maximum absolute atomic E-state index is 12.9. The van der Waals surface area contributed by atoms with Gasteiger partial charge in [0.25, 0.3) is 5.69 Å². The van der Waals surface area contributed by atoms with Gasteiger partial charge in [-0.25, -0.2) is 4.39 Å². The number of nitro benzene ring substituents is 1. The Morgan fingerprint density at radius 1 is 1.22 bits per heavy atom. The molecule has 2 aromatic rings. The summed E-state index contributed by atoms with van der Waals surface area (Å²) in [6.07, 6.45) is -5.44. The largest absolute Gasteiger partial charge is 0.456 e. The number of nitrogens with one attached hydrogen (secondary N) is 1. The maximum Gasteiger partial charge on any atom is 0.416 e. The van der Waals surface area contributed by atoms with Crippen molar-refractivity contribution in [2.45, 2.75) is 19.2 Å². The van der Waals surface area contributed by atoms with Crippen molar-refractivity contribution in [2.75, 3.05) is 11.9 Å². The molecule has 10 heteroatoms. The van der Waals surface area contributed by atoms with Crippen LogP contribution in [-0.2, 0) is 15.7 Å². The topological polar surface area (TPSA) is 81.5 Å². The smallest absolute Gasteiger partial charge is 0.416 e. The zero-order valence-corrected chi connectivity index (χ0v) is 13.9. The van der Waals surface area contributed by atoms with Crippen molar-refractivity contribution in [3.05, 3.63) is 69.5 Å². The van der Waals surface area contributed by atoms with Crippen LogP contribution in [0.1, 0.15) is 24.2 Å². The number of rotatable bonds is 6. The van der Waals surface area contributed by atoms with Crippen LogP contribution in [-0.4, -0.2) is 17.4 Å². The molecule has 0 fully saturated rings. The van der Waals surface area contributed by atoms with Gasteiger partial charge in [-0.3, -0.25) is 14.9 Å². The Morgan fingerprint density at radius 2 is 1.85 bits per heavy atom. The van der Waals surface area contributed by atoms with E-state index in [1.165, 1.54) is 24.3 Å². The maximum atomic E-state index is 12.9. The number of halogens is 4. The van der Waals surface area contributed by atoms with E-state index in [0.717, 1.165) is 6.07 Å². The molecule has 0 aliphatic rings. The number of carbonyl (C=O) groups excluding carboxylic acids is 1. The van der Waals surface area contributed by atoms with Gasteiger partial charge in [0.1, 0.15) is 24.2 Å². The molecule has 27 heavy (non-hydrogen) atoms. The summed E-state index contributed by atoms with van der Waals surface area (Å²) < 4.78 is 56.0. The lowest BCUT2D eigenvalue weighted by atomic mass is 10.1. The number of carbonyl (C=O) groups is 1. The fourth-order valence-electron chi connectivity index (χ4n) is 2.22. The summed E-state index contributed by atoms with van der Waals surface area (Å²) in [4.78, 5) is 21.9. The minimum Gasteiger partial charge on any atom is -0.456 e. The van der Waals surface area contributed by atoms with E-state index in [9.17, 15) is 32.5 Å². The van der Waals surface area contributed by atoms with Crippen LogP contribution in [0.4, 0.5) is 28.9 Å². The molecule has 0 aromatic heterocycles. The predicted octanol–water partition coefficient (Wildman–Crippen LogP) is 4.47. The van der Waals surface area contributed by atoms with Crippen molar-refractivity contribution in [1.29, 1.82) is 0 Å². The first-order valence-corrected chi connectivity index (χ1v) is 7.62. The molecule has 0 amide bonds. The van der Waals surface area contributed by atoms with Gasteiger partial charge in [0.15, 0.2) is 0 Å². The molecule has 1 atom stereocenters. The summed E-state index contributed by atoms with van der Waals surface area (Å²) >= 11 is 0. The lowest BCUT2D eigenvalue weighted by Gasteiger charge is -2.14. The number of anilines is 1. The number of benzene rings is 2. The minimum absolute atomic E-state index is 0.251. The zero-order chi connectivity index (χ0) is 20.2. The van der Waals surface area contributed by atoms with Gasteiger partial charge >= 0.3 is 12.1 Å². The van der Waals surface area contributed by atoms with Gasteiger partial charge in [0.2, 0.25) is 0 Å². The van der Waals surface area contributed by atoms with E-state index < -0.39 is 46.8 Å². The molecule has 144 valence electrons. The number of esters is 1. The van der Waals surface area contributed by atoms with Crippen LogP contribution in [0.25, 0.3) is 0 Å². The Labute approximate surface area is 150 Å². The van der Waals surface area contributed by atoms with Crippen LogP contribution in [0.5, 0.6) is 0 Å². The molecule has 0 unspecified atom stereocenters. The first-order chi connectivity index (χ1) is 12.6. The summed E-state index contributed by atoms with van der Waals surface area (Å²) in [5, 5.41) is 13.4. The van der Waals surface area contributed by atoms with Gasteiger partial charge in [0.05, 0.1) is 10.5 Å². The van der Waals surface area contributed by atoms with E-state index in [-0.39, 0.29) is 5.69 Å². The summed E-state index contributed by atoms with van der Waals surface area (Å²) in [6, 6.07) is 7.18. The van der Waals surface area contributed by atoms with Crippen molar-refractivity contribution in [3.8, 4) is 0 Å². The fraction of sp³-hybridized carbons (Fsp3) is 0.235. The van der Waals surface area contributed by atoms with Gasteiger partial charge in [-0.15, -0.1) is 0 Å². The molecule has 0 spiro atoms. The fourth-order valence-corrected chi connectivity index (χ4v) is 2.22. The SMILES string of the molecule is C[C@H](OC(=O)CNc1ccc(C(F)(F)F)cc1[N+](=O)[O-])c1ccc(F)cc1. The zero-order valence-electron chi connectivity index (χ0n) is 13.9. The second kappa shape index (κ2) is 8.02. The first kappa shape index (κ1) is 20.1. The van der Waals surface area contributed by atoms with Gasteiger partial charge in [-0.1, -0.05) is 12.1 Å². The highest BCUT2D eigenvalue weighted by atomic mass is 19.4. The molecular formula is C17H14F4N2O4. The van der Waals surface area contributed by atoms with Gasteiger partial charge in [0, 0.05) is 6.07 Å². The van der Waals surface area contributed by atoms with Gasteiger partial charge in [-0.05, 0) is 36.8 Å². The predicted molar refractivity (Wildman–Crippen MR) is 87.5 cm³/mol. The van der Waals surface area contributed by atoms with Gasteiger partial charge < -0.3 is 10.1 Å². The molecule has 0 saturated heterocycles. The molecule has 2 rings (SSSR count). The summed E-state index contributed by atoms with van der Waals surface area (Å²) in [7, 11) is 0. The van der Waals surface area contributed by atoms with Crippen LogP contribution in [0.15, 0.2) is 42.5 Å². The molecule has 0 heterocycles. The Hall–Kier alpha value is -3.17. The third-order valence-electron chi connectivity index (χ3n) is 3.59. The van der Waals surface area contributed by atoms with Crippen molar-refractivity contribution < 1.29 is 32.0 Å². The highest BCUT2D eigenvalue weighted by Crippen LogP contribution is 2.34. The highest BCUT2D eigenvalue weighted by molar-refractivity contribution is 5.77. The summed E-state index contributed by atoms with van der Waals surface area (Å²) in [6.45, 7) is 1.05. The lowest BCUT2D eigenvalue weighted by Crippen LogP contribution is -2.19. The van der Waals surface area contributed by atoms with E-state index >= 15 is 0 Å². The average molecular weight is 386 g/mol. The second-order valence-electron chi connectivity index (χ2n) is 5.52. The normalized spacial score (nSPS) is 12.3. The summed E-state index contributed by atoms with van der Waals surface area (Å²) in [5.41, 5.74) is -1.71.